The molecule has 140 valence electrons. The van der Waals surface area contributed by atoms with Gasteiger partial charge in [0, 0.05) is 5.41 Å². The summed E-state index contributed by atoms with van der Waals surface area (Å²) in [5, 5.41) is 9.25. The summed E-state index contributed by atoms with van der Waals surface area (Å²) in [5.74, 6) is -0.858. The summed E-state index contributed by atoms with van der Waals surface area (Å²) in [4.78, 5) is 12.8. The van der Waals surface area contributed by atoms with Crippen molar-refractivity contribution < 1.29 is 9.90 Å². The molecule has 3 aromatic rings. The summed E-state index contributed by atoms with van der Waals surface area (Å²) in [6.07, 6.45) is 0.645. The van der Waals surface area contributed by atoms with Crippen molar-refractivity contribution in [2.75, 3.05) is 0 Å². The lowest BCUT2D eigenvalue weighted by atomic mass is 9.61. The number of carboxylic acids is 1. The maximum Gasteiger partial charge on any atom is 0.319 e. The van der Waals surface area contributed by atoms with Crippen molar-refractivity contribution in [3.05, 3.63) is 108 Å². The molecule has 2 atom stereocenters. The van der Waals surface area contributed by atoms with E-state index >= 15 is 0 Å². The minimum Gasteiger partial charge on any atom is -0.480 e. The number of carboxylic acid groups (broad SMARTS) is 1. The molecule has 0 saturated carbocycles. The van der Waals surface area contributed by atoms with E-state index in [1.54, 1.807) is 0 Å². The summed E-state index contributed by atoms with van der Waals surface area (Å²) >= 11 is 0. The highest BCUT2D eigenvalue weighted by Crippen LogP contribution is 2.55. The third kappa shape index (κ3) is 3.40. The van der Waals surface area contributed by atoms with E-state index in [0.29, 0.717) is 6.42 Å². The van der Waals surface area contributed by atoms with E-state index in [4.69, 9.17) is 0 Å². The second kappa shape index (κ2) is 8.69. The summed E-state index contributed by atoms with van der Waals surface area (Å²) in [7, 11) is 2.68. The molecule has 0 saturated heterocycles. The molecule has 3 aromatic carbocycles. The zero-order valence-corrected chi connectivity index (χ0v) is 17.2. The van der Waals surface area contributed by atoms with Crippen LogP contribution in [-0.2, 0) is 15.4 Å². The summed E-state index contributed by atoms with van der Waals surface area (Å²) in [6.45, 7) is 2.06. The van der Waals surface area contributed by atoms with E-state index in [1.165, 1.54) is 0 Å². The van der Waals surface area contributed by atoms with Crippen molar-refractivity contribution in [3.63, 3.8) is 0 Å². The van der Waals surface area contributed by atoms with Crippen molar-refractivity contribution in [3.8, 4) is 0 Å². The lowest BCUT2D eigenvalue weighted by Crippen LogP contribution is -2.51. The highest BCUT2D eigenvalue weighted by atomic mass is 35.5. The molecule has 0 spiro atoms. The molecule has 0 fully saturated rings. The average molecular weight is 399 g/mol. The van der Waals surface area contributed by atoms with Gasteiger partial charge in [-0.05, 0) is 23.1 Å². The maximum atomic E-state index is 12.8. The Bertz CT molecular complexity index is 829. The highest BCUT2D eigenvalue weighted by molar-refractivity contribution is 7.20. The van der Waals surface area contributed by atoms with Gasteiger partial charge in [0.15, 0.2) is 0 Å². The second-order valence-electron chi connectivity index (χ2n) is 6.47. The predicted molar refractivity (Wildman–Crippen MR) is 117 cm³/mol. The van der Waals surface area contributed by atoms with Gasteiger partial charge in [0.2, 0.25) is 0 Å². The molecule has 0 aliphatic heterocycles. The molecule has 2 nitrogen and oxygen atoms in total. The van der Waals surface area contributed by atoms with Crippen LogP contribution in [0.15, 0.2) is 91.0 Å². The van der Waals surface area contributed by atoms with Gasteiger partial charge < -0.3 is 5.11 Å². The third-order valence-corrected chi connectivity index (χ3v) is 6.38. The molecule has 27 heavy (non-hydrogen) atoms. The largest absolute Gasteiger partial charge is 0.480 e. The van der Waals surface area contributed by atoms with E-state index < -0.39 is 16.5 Å². The first kappa shape index (κ1) is 21.2. The number of carbonyl (C=O) groups is 1. The van der Waals surface area contributed by atoms with Gasteiger partial charge >= 0.3 is 5.97 Å². The molecule has 2 unspecified atom stereocenters. The molecule has 3 rings (SSSR count). The lowest BCUT2D eigenvalue weighted by Gasteiger charge is -2.47. The molecule has 1 N–H and O–H groups in total. The van der Waals surface area contributed by atoms with E-state index in [1.807, 2.05) is 91.0 Å². The van der Waals surface area contributed by atoms with Crippen LogP contribution in [0.3, 0.4) is 0 Å². The molecular formula is C23H24ClO2P. The van der Waals surface area contributed by atoms with E-state index in [2.05, 4.69) is 16.2 Å². The van der Waals surface area contributed by atoms with Gasteiger partial charge in [-0.15, -0.1) is 21.6 Å². The lowest BCUT2D eigenvalue weighted by molar-refractivity contribution is -0.142. The number of hydrogen-bond donors (Lipinski definition) is 1. The highest BCUT2D eigenvalue weighted by Gasteiger charge is 2.55. The van der Waals surface area contributed by atoms with Crippen molar-refractivity contribution in [2.24, 2.45) is 0 Å². The minimum absolute atomic E-state index is 0. The first-order chi connectivity index (χ1) is 12.6. The van der Waals surface area contributed by atoms with Crippen LogP contribution < -0.4 is 0 Å². The third-order valence-electron chi connectivity index (χ3n) is 5.30. The molecule has 0 aromatic heterocycles. The molecule has 0 bridgehead atoms. The Labute approximate surface area is 169 Å². The number of rotatable bonds is 6. The van der Waals surface area contributed by atoms with Gasteiger partial charge in [0.05, 0.1) is 0 Å². The van der Waals surface area contributed by atoms with Crippen LogP contribution in [0.2, 0.25) is 0 Å². The molecule has 0 aliphatic carbocycles. The summed E-state index contributed by atoms with van der Waals surface area (Å²) < 4.78 is 0. The average Bonchev–Trinajstić information content (AvgIpc) is 2.71. The smallest absolute Gasteiger partial charge is 0.319 e. The number of aliphatic carboxylic acids is 1. The minimum atomic E-state index is -1.20. The fraction of sp³-hybridized carbons (Fsp3) is 0.174. The Balaban J connectivity index is 0.00000261. The number of halogens is 1. The van der Waals surface area contributed by atoms with Gasteiger partial charge in [0.1, 0.15) is 5.16 Å². The first-order valence-corrected chi connectivity index (χ1v) is 9.34. The quantitative estimate of drug-likeness (QED) is 0.544. The van der Waals surface area contributed by atoms with Crippen LogP contribution in [0.5, 0.6) is 0 Å². The Hall–Kier alpha value is -2.15. The van der Waals surface area contributed by atoms with Gasteiger partial charge in [-0.3, -0.25) is 4.79 Å². The van der Waals surface area contributed by atoms with Gasteiger partial charge in [-0.1, -0.05) is 97.9 Å². The Morgan fingerprint density at radius 2 is 1.11 bits per heavy atom. The Kier molecular flexibility index (Phi) is 6.81. The van der Waals surface area contributed by atoms with Crippen LogP contribution >= 0.6 is 21.6 Å². The van der Waals surface area contributed by atoms with Crippen LogP contribution in [0.4, 0.5) is 0 Å². The fourth-order valence-corrected chi connectivity index (χ4v) is 4.74. The van der Waals surface area contributed by atoms with Crippen molar-refractivity contribution in [1.82, 2.24) is 0 Å². The molecular weight excluding hydrogens is 375 g/mol. The summed E-state index contributed by atoms with van der Waals surface area (Å²) in [5.41, 5.74) is 2.03. The van der Waals surface area contributed by atoms with Crippen LogP contribution in [-0.4, -0.2) is 11.1 Å². The number of hydrogen-bond acceptors (Lipinski definition) is 1. The molecule has 0 aliphatic rings. The van der Waals surface area contributed by atoms with Crippen molar-refractivity contribution in [1.29, 1.82) is 0 Å². The van der Waals surface area contributed by atoms with E-state index in [0.717, 1.165) is 16.7 Å². The van der Waals surface area contributed by atoms with Gasteiger partial charge in [-0.25, -0.2) is 0 Å². The molecule has 0 radical (unpaired) electrons. The van der Waals surface area contributed by atoms with Crippen molar-refractivity contribution >= 4 is 27.6 Å². The number of benzene rings is 3. The second-order valence-corrected chi connectivity index (χ2v) is 7.34. The Morgan fingerprint density at radius 3 is 1.41 bits per heavy atom. The topological polar surface area (TPSA) is 37.3 Å². The van der Waals surface area contributed by atoms with Gasteiger partial charge in [0.25, 0.3) is 0 Å². The van der Waals surface area contributed by atoms with Crippen LogP contribution in [0, 0.1) is 0 Å². The first-order valence-electron chi connectivity index (χ1n) is 8.76. The van der Waals surface area contributed by atoms with E-state index in [-0.39, 0.29) is 12.4 Å². The van der Waals surface area contributed by atoms with Crippen LogP contribution in [0.25, 0.3) is 0 Å². The maximum absolute atomic E-state index is 12.8. The standard InChI is InChI=1S/C23H23O2P.ClH/c1-2-22(18-12-6-3-7-13-18,19-14-8-4-9-15-19)23(26,21(24)25)20-16-10-5-11-17-20;/h3-17H,2,26H2,1H3,(H,24,25);1H. The van der Waals surface area contributed by atoms with Gasteiger partial charge in [-0.2, -0.15) is 0 Å². The monoisotopic (exact) mass is 398 g/mol. The SMILES string of the molecule is CCC(c1ccccc1)(c1ccccc1)C(P)(C(=O)O)c1ccccc1.Cl. The van der Waals surface area contributed by atoms with E-state index in [9.17, 15) is 9.90 Å². The fourth-order valence-electron chi connectivity index (χ4n) is 4.01. The zero-order chi connectivity index (χ0) is 18.6. The normalized spacial score (nSPS) is 13.3. The summed E-state index contributed by atoms with van der Waals surface area (Å²) in [6, 6.07) is 29.4. The molecule has 4 heteroatoms. The molecule has 0 amide bonds. The Morgan fingerprint density at radius 1 is 0.778 bits per heavy atom. The predicted octanol–water partition coefficient (Wildman–Crippen LogP) is 5.66. The van der Waals surface area contributed by atoms with Crippen molar-refractivity contribution in [2.45, 2.75) is 23.9 Å². The molecule has 0 heterocycles. The van der Waals surface area contributed by atoms with Crippen LogP contribution in [0.1, 0.15) is 30.0 Å². The zero-order valence-electron chi connectivity index (χ0n) is 15.2.